The quantitative estimate of drug-likeness (QED) is 0.579. The highest BCUT2D eigenvalue weighted by atomic mass is 19.1. The predicted molar refractivity (Wildman–Crippen MR) is 119 cm³/mol. The molecule has 1 aromatic heterocycles. The van der Waals surface area contributed by atoms with Crippen molar-refractivity contribution in [2.24, 2.45) is 0 Å². The first-order chi connectivity index (χ1) is 15.0. The van der Waals surface area contributed by atoms with Crippen LogP contribution in [0.3, 0.4) is 0 Å². The van der Waals surface area contributed by atoms with Crippen LogP contribution in [0.25, 0.3) is 0 Å². The largest absolute Gasteiger partial charge is 0.297 e. The second kappa shape index (κ2) is 9.24. The summed E-state index contributed by atoms with van der Waals surface area (Å²) in [7, 11) is 0. The lowest BCUT2D eigenvalue weighted by Gasteiger charge is -2.39. The van der Waals surface area contributed by atoms with Gasteiger partial charge in [-0.25, -0.2) is 9.07 Å². The lowest BCUT2D eigenvalue weighted by molar-refractivity contribution is 0.0972. The van der Waals surface area contributed by atoms with E-state index in [4.69, 9.17) is 0 Å². The first-order valence-corrected chi connectivity index (χ1v) is 11.0. The molecule has 0 bridgehead atoms. The number of halogens is 1. The van der Waals surface area contributed by atoms with Gasteiger partial charge in [0.2, 0.25) is 0 Å². The summed E-state index contributed by atoms with van der Waals surface area (Å²) in [6, 6.07) is 17.2. The number of nitrogens with zero attached hydrogens (tertiary/aromatic N) is 6. The average molecular weight is 423 g/mol. The Balaban J connectivity index is 1.58. The summed E-state index contributed by atoms with van der Waals surface area (Å²) < 4.78 is 15.6. The molecule has 0 radical (unpaired) electrons. The van der Waals surface area contributed by atoms with Crippen molar-refractivity contribution in [1.82, 2.24) is 30.0 Å². The van der Waals surface area contributed by atoms with E-state index in [9.17, 15) is 4.39 Å². The van der Waals surface area contributed by atoms with Crippen LogP contribution in [0.4, 0.5) is 4.39 Å². The smallest absolute Gasteiger partial charge is 0.173 e. The zero-order chi connectivity index (χ0) is 21.8. The van der Waals surface area contributed by atoms with Crippen LogP contribution in [-0.2, 0) is 12.1 Å². The summed E-state index contributed by atoms with van der Waals surface area (Å²) in [5.74, 6) is 0.582. The Hall–Kier alpha value is -2.64. The summed E-state index contributed by atoms with van der Waals surface area (Å²) >= 11 is 0. The topological polar surface area (TPSA) is 50.1 Å². The third-order valence-electron chi connectivity index (χ3n) is 6.38. The molecule has 3 aromatic rings. The van der Waals surface area contributed by atoms with Crippen molar-refractivity contribution in [3.05, 3.63) is 77.4 Å². The van der Waals surface area contributed by atoms with Crippen molar-refractivity contribution >= 4 is 0 Å². The maximum atomic E-state index is 13.7. The second-order valence-corrected chi connectivity index (χ2v) is 8.87. The van der Waals surface area contributed by atoms with Crippen LogP contribution >= 0.6 is 0 Å². The van der Waals surface area contributed by atoms with Crippen molar-refractivity contribution in [3.8, 4) is 0 Å². The zero-order valence-electron chi connectivity index (χ0n) is 18.6. The third kappa shape index (κ3) is 4.83. The lowest BCUT2D eigenvalue weighted by atomic mass is 9.99. The Morgan fingerprint density at radius 2 is 1.65 bits per heavy atom. The van der Waals surface area contributed by atoms with Gasteiger partial charge in [0.05, 0.1) is 11.6 Å². The highest BCUT2D eigenvalue weighted by Gasteiger charge is 2.34. The molecule has 4 rings (SSSR count). The fourth-order valence-corrected chi connectivity index (χ4v) is 4.13. The first kappa shape index (κ1) is 21.6. The fourth-order valence-electron chi connectivity index (χ4n) is 4.13. The van der Waals surface area contributed by atoms with E-state index in [2.05, 4.69) is 76.4 Å². The van der Waals surface area contributed by atoms with E-state index in [0.29, 0.717) is 0 Å². The van der Waals surface area contributed by atoms with Crippen LogP contribution in [0.5, 0.6) is 0 Å². The summed E-state index contributed by atoms with van der Waals surface area (Å²) in [5.41, 5.74) is 2.15. The Labute approximate surface area is 183 Å². The molecule has 1 aliphatic rings. The molecule has 1 saturated heterocycles. The van der Waals surface area contributed by atoms with Gasteiger partial charge in [-0.05, 0) is 54.0 Å². The summed E-state index contributed by atoms with van der Waals surface area (Å²) in [6.45, 7) is 11.1. The molecule has 0 spiro atoms. The lowest BCUT2D eigenvalue weighted by Crippen LogP contribution is -2.48. The number of piperazine rings is 1. The SMILES string of the molecule is CCC(C)(C)n1nnnc1[C@H](c1ccc(F)cc1)N1CCN(Cc2ccccc2)CC1. The Bertz CT molecular complexity index is 961. The number of aromatic nitrogens is 4. The van der Waals surface area contributed by atoms with Crippen LogP contribution in [0.1, 0.15) is 50.2 Å². The highest BCUT2D eigenvalue weighted by Crippen LogP contribution is 2.31. The normalized spacial score (nSPS) is 17.0. The fraction of sp³-hybridized carbons (Fsp3) is 0.458. The Kier molecular flexibility index (Phi) is 6.43. The maximum Gasteiger partial charge on any atom is 0.173 e. The monoisotopic (exact) mass is 422 g/mol. The van der Waals surface area contributed by atoms with Crippen molar-refractivity contribution < 1.29 is 4.39 Å². The summed E-state index contributed by atoms with van der Waals surface area (Å²) in [4.78, 5) is 4.90. The molecule has 0 unspecified atom stereocenters. The van der Waals surface area contributed by atoms with Gasteiger partial charge in [-0.3, -0.25) is 9.80 Å². The number of tetrazole rings is 1. The molecule has 0 amide bonds. The van der Waals surface area contributed by atoms with Crippen molar-refractivity contribution in [3.63, 3.8) is 0 Å². The van der Waals surface area contributed by atoms with Gasteiger partial charge in [0.15, 0.2) is 5.82 Å². The molecular weight excluding hydrogens is 391 g/mol. The minimum atomic E-state index is -0.233. The van der Waals surface area contributed by atoms with Gasteiger partial charge in [0, 0.05) is 32.7 Å². The molecule has 164 valence electrons. The Morgan fingerprint density at radius 1 is 0.968 bits per heavy atom. The maximum absolute atomic E-state index is 13.7. The van der Waals surface area contributed by atoms with Gasteiger partial charge in [-0.15, -0.1) is 5.10 Å². The molecule has 0 saturated carbocycles. The molecule has 0 N–H and O–H groups in total. The van der Waals surface area contributed by atoms with Gasteiger partial charge in [-0.1, -0.05) is 49.4 Å². The van der Waals surface area contributed by atoms with E-state index in [1.54, 1.807) is 0 Å². The van der Waals surface area contributed by atoms with Crippen LogP contribution in [0.2, 0.25) is 0 Å². The van der Waals surface area contributed by atoms with Gasteiger partial charge >= 0.3 is 0 Å². The van der Waals surface area contributed by atoms with Crippen LogP contribution in [0.15, 0.2) is 54.6 Å². The number of hydrogen-bond donors (Lipinski definition) is 0. The van der Waals surface area contributed by atoms with Gasteiger partial charge in [0.1, 0.15) is 5.82 Å². The molecule has 1 atom stereocenters. The van der Waals surface area contributed by atoms with E-state index < -0.39 is 0 Å². The van der Waals surface area contributed by atoms with E-state index in [1.807, 2.05) is 16.8 Å². The number of benzene rings is 2. The van der Waals surface area contributed by atoms with Crippen LogP contribution in [-0.4, -0.2) is 56.2 Å². The third-order valence-corrected chi connectivity index (χ3v) is 6.38. The molecule has 2 heterocycles. The number of hydrogen-bond acceptors (Lipinski definition) is 5. The molecule has 1 fully saturated rings. The zero-order valence-corrected chi connectivity index (χ0v) is 18.6. The van der Waals surface area contributed by atoms with E-state index in [-0.39, 0.29) is 17.4 Å². The van der Waals surface area contributed by atoms with E-state index >= 15 is 0 Å². The predicted octanol–water partition coefficient (Wildman–Crippen LogP) is 3.86. The second-order valence-electron chi connectivity index (χ2n) is 8.87. The molecular formula is C24H31FN6. The van der Waals surface area contributed by atoms with Crippen molar-refractivity contribution in [2.75, 3.05) is 26.2 Å². The van der Waals surface area contributed by atoms with Crippen molar-refractivity contribution in [1.29, 1.82) is 0 Å². The molecule has 0 aliphatic carbocycles. The van der Waals surface area contributed by atoms with E-state index in [1.165, 1.54) is 17.7 Å². The average Bonchev–Trinajstić information content (AvgIpc) is 3.28. The molecule has 31 heavy (non-hydrogen) atoms. The van der Waals surface area contributed by atoms with Crippen LogP contribution < -0.4 is 0 Å². The van der Waals surface area contributed by atoms with E-state index in [0.717, 1.165) is 50.5 Å². The Morgan fingerprint density at radius 3 is 2.29 bits per heavy atom. The highest BCUT2D eigenvalue weighted by molar-refractivity contribution is 5.26. The molecule has 2 aromatic carbocycles. The number of rotatable bonds is 7. The summed E-state index contributed by atoms with van der Waals surface area (Å²) in [6.07, 6.45) is 0.909. The molecule has 7 heteroatoms. The van der Waals surface area contributed by atoms with Crippen molar-refractivity contribution in [2.45, 2.75) is 45.3 Å². The molecule has 6 nitrogen and oxygen atoms in total. The van der Waals surface area contributed by atoms with Crippen LogP contribution in [0, 0.1) is 5.82 Å². The minimum absolute atomic E-state index is 0.111. The van der Waals surface area contributed by atoms with Gasteiger partial charge in [0.25, 0.3) is 0 Å². The standard InChI is InChI=1S/C24H31FN6/c1-4-24(2,3)31-23(26-27-28-31)22(20-10-12-21(25)13-11-20)30-16-14-29(15-17-30)18-19-8-6-5-7-9-19/h5-13,22H,4,14-18H2,1-3H3/t22-/m0/s1. The van der Waals surface area contributed by atoms with Gasteiger partial charge in [-0.2, -0.15) is 0 Å². The summed E-state index contributed by atoms with van der Waals surface area (Å²) in [5, 5.41) is 12.8. The first-order valence-electron chi connectivity index (χ1n) is 11.0. The molecule has 1 aliphatic heterocycles. The van der Waals surface area contributed by atoms with Gasteiger partial charge < -0.3 is 0 Å². The minimum Gasteiger partial charge on any atom is -0.297 e.